The molecule has 3 fully saturated rings. The van der Waals surface area contributed by atoms with Crippen LogP contribution in [0.25, 0.3) is 0 Å². The van der Waals surface area contributed by atoms with E-state index in [0.717, 1.165) is 38.5 Å². The average Bonchev–Trinajstić information content (AvgIpc) is 2.77. The van der Waals surface area contributed by atoms with Gasteiger partial charge in [0.15, 0.2) is 0 Å². The van der Waals surface area contributed by atoms with E-state index in [-0.39, 0.29) is 22.3 Å². The lowest BCUT2D eigenvalue weighted by molar-refractivity contribution is -0.131. The highest BCUT2D eigenvalue weighted by atomic mass is 35.5. The summed E-state index contributed by atoms with van der Waals surface area (Å²) in [5.41, 5.74) is 1.34. The summed E-state index contributed by atoms with van der Waals surface area (Å²) in [7, 11) is 0. The molecule has 0 bridgehead atoms. The van der Waals surface area contributed by atoms with E-state index in [0.29, 0.717) is 30.0 Å². The average molecular weight is 323 g/mol. The van der Waals surface area contributed by atoms with Crippen LogP contribution in [0.2, 0.25) is 0 Å². The molecule has 1 unspecified atom stereocenters. The van der Waals surface area contributed by atoms with Crippen molar-refractivity contribution in [3.63, 3.8) is 0 Å². The van der Waals surface area contributed by atoms with Crippen LogP contribution in [0, 0.1) is 28.6 Å². The lowest BCUT2D eigenvalue weighted by atomic mass is 9.48. The first-order valence-electron chi connectivity index (χ1n) is 8.92. The predicted octanol–water partition coefficient (Wildman–Crippen LogP) is 4.10. The zero-order valence-electron chi connectivity index (χ0n) is 13.6. The number of halogens is 1. The molecule has 0 spiro atoms. The van der Waals surface area contributed by atoms with Crippen molar-refractivity contribution in [2.75, 3.05) is 0 Å². The summed E-state index contributed by atoms with van der Waals surface area (Å²) in [6.45, 7) is 4.55. The maximum absolute atomic E-state index is 12.4. The largest absolute Gasteiger partial charge is 0.393 e. The van der Waals surface area contributed by atoms with Gasteiger partial charge in [-0.2, -0.15) is 0 Å². The Bertz CT molecular complexity index is 542. The Morgan fingerprint density at radius 2 is 2.05 bits per heavy atom. The minimum absolute atomic E-state index is 0.0245. The zero-order chi connectivity index (χ0) is 15.7. The maximum Gasteiger partial charge on any atom is 0.139 e. The molecule has 0 aliphatic heterocycles. The van der Waals surface area contributed by atoms with E-state index in [2.05, 4.69) is 19.9 Å². The molecule has 0 aromatic heterocycles. The molecule has 0 aromatic carbocycles. The molecule has 3 saturated carbocycles. The van der Waals surface area contributed by atoms with Crippen LogP contribution in [0.15, 0.2) is 11.6 Å². The monoisotopic (exact) mass is 322 g/mol. The van der Waals surface area contributed by atoms with Gasteiger partial charge < -0.3 is 5.11 Å². The van der Waals surface area contributed by atoms with Gasteiger partial charge >= 0.3 is 0 Å². The molecule has 7 atom stereocenters. The van der Waals surface area contributed by atoms with E-state index in [1.165, 1.54) is 5.57 Å². The van der Waals surface area contributed by atoms with E-state index in [4.69, 9.17) is 11.6 Å². The molecule has 0 heterocycles. The van der Waals surface area contributed by atoms with Gasteiger partial charge in [-0.05, 0) is 56.3 Å². The van der Waals surface area contributed by atoms with Gasteiger partial charge in [-0.3, -0.25) is 4.79 Å². The second-order valence-electron chi connectivity index (χ2n) is 8.60. The fraction of sp³-hybridized carbons (Fsp3) is 0.842. The van der Waals surface area contributed by atoms with Gasteiger partial charge in [0.1, 0.15) is 5.78 Å². The first-order chi connectivity index (χ1) is 10.4. The fourth-order valence-corrected chi connectivity index (χ4v) is 6.93. The predicted molar refractivity (Wildman–Crippen MR) is 87.7 cm³/mol. The van der Waals surface area contributed by atoms with E-state index >= 15 is 0 Å². The van der Waals surface area contributed by atoms with Crippen LogP contribution in [0.1, 0.15) is 58.8 Å². The van der Waals surface area contributed by atoms with Crippen LogP contribution < -0.4 is 0 Å². The third-order valence-corrected chi connectivity index (χ3v) is 8.46. The first kappa shape index (κ1) is 15.2. The van der Waals surface area contributed by atoms with E-state index in [1.54, 1.807) is 0 Å². The number of hydrogen-bond donors (Lipinski definition) is 1. The number of aliphatic hydroxyl groups excluding tert-OH is 1. The number of carbonyl (C=O) groups is 1. The topological polar surface area (TPSA) is 37.3 Å². The second-order valence-corrected chi connectivity index (χ2v) is 9.13. The Morgan fingerprint density at radius 3 is 2.82 bits per heavy atom. The molecule has 0 aromatic rings. The molecule has 2 nitrogen and oxygen atoms in total. The smallest absolute Gasteiger partial charge is 0.139 e. The van der Waals surface area contributed by atoms with Crippen molar-refractivity contribution in [2.24, 2.45) is 28.6 Å². The normalized spacial score (nSPS) is 54.3. The molecule has 4 aliphatic rings. The number of alkyl halides is 1. The standard InChI is InChI=1S/C19H27ClO2/c1-18-8-7-15-13(14(18)5-6-17(18)22)4-3-11-9-12(21)10-16(20)19(11,15)2/h3,12-16,21H,4-10H2,1-2H3/t12-,13+,14+,15+,16?,18+,19+/m1/s1. The lowest BCUT2D eigenvalue weighted by Crippen LogP contribution is -2.54. The number of rotatable bonds is 0. The summed E-state index contributed by atoms with van der Waals surface area (Å²) in [6.07, 6.45) is 8.69. The summed E-state index contributed by atoms with van der Waals surface area (Å²) in [5.74, 6) is 2.24. The van der Waals surface area contributed by atoms with E-state index < -0.39 is 0 Å². The van der Waals surface area contributed by atoms with Crippen molar-refractivity contribution in [1.82, 2.24) is 0 Å². The van der Waals surface area contributed by atoms with E-state index in [9.17, 15) is 9.90 Å². The lowest BCUT2D eigenvalue weighted by Gasteiger charge is -2.58. The highest BCUT2D eigenvalue weighted by molar-refractivity contribution is 6.21. The highest BCUT2D eigenvalue weighted by Crippen LogP contribution is 2.64. The number of carbonyl (C=O) groups excluding carboxylic acids is 1. The SMILES string of the molecule is C[C@]12CC[C@H]3[C@@H](CC=C4C[C@@H](O)CC(Cl)[C@@]43C)[C@@H]1CCC2=O. The van der Waals surface area contributed by atoms with Crippen LogP contribution in [-0.4, -0.2) is 22.4 Å². The number of Topliss-reactive ketones (excluding diaryl/α,β-unsaturated/α-hetero) is 1. The first-order valence-corrected chi connectivity index (χ1v) is 9.36. The van der Waals surface area contributed by atoms with Gasteiger partial charge in [0.25, 0.3) is 0 Å². The summed E-state index contributed by atoms with van der Waals surface area (Å²) in [5, 5.41) is 10.1. The van der Waals surface area contributed by atoms with Crippen molar-refractivity contribution in [3.05, 3.63) is 11.6 Å². The molecule has 3 heteroatoms. The van der Waals surface area contributed by atoms with E-state index in [1.807, 2.05) is 0 Å². The highest BCUT2D eigenvalue weighted by Gasteiger charge is 2.60. The zero-order valence-corrected chi connectivity index (χ0v) is 14.4. The van der Waals surface area contributed by atoms with Crippen LogP contribution in [0.3, 0.4) is 0 Å². The Kier molecular flexibility index (Phi) is 3.34. The van der Waals surface area contributed by atoms with Crippen LogP contribution >= 0.6 is 11.6 Å². The molecular weight excluding hydrogens is 296 g/mol. The number of hydrogen-bond acceptors (Lipinski definition) is 2. The third-order valence-electron chi connectivity index (χ3n) is 7.83. The molecular formula is C19H27ClO2. The van der Waals surface area contributed by atoms with Crippen molar-refractivity contribution in [3.8, 4) is 0 Å². The maximum atomic E-state index is 12.4. The van der Waals surface area contributed by atoms with Gasteiger partial charge in [0, 0.05) is 22.6 Å². The summed E-state index contributed by atoms with van der Waals surface area (Å²) >= 11 is 6.78. The number of aliphatic hydroxyl groups is 1. The number of ketones is 1. The molecule has 0 radical (unpaired) electrons. The van der Waals surface area contributed by atoms with Gasteiger partial charge in [0.2, 0.25) is 0 Å². The quantitative estimate of drug-likeness (QED) is 0.538. The minimum Gasteiger partial charge on any atom is -0.393 e. The van der Waals surface area contributed by atoms with Gasteiger partial charge in [0.05, 0.1) is 6.10 Å². The van der Waals surface area contributed by atoms with Crippen LogP contribution in [0.5, 0.6) is 0 Å². The summed E-state index contributed by atoms with van der Waals surface area (Å²) in [6, 6.07) is 0. The third kappa shape index (κ3) is 1.80. The minimum atomic E-state index is -0.278. The Labute approximate surface area is 138 Å². The van der Waals surface area contributed by atoms with Crippen molar-refractivity contribution in [1.29, 1.82) is 0 Å². The summed E-state index contributed by atoms with van der Waals surface area (Å²) in [4.78, 5) is 12.4. The molecule has 122 valence electrons. The van der Waals surface area contributed by atoms with Gasteiger partial charge in [-0.1, -0.05) is 25.5 Å². The van der Waals surface area contributed by atoms with Crippen molar-refractivity contribution >= 4 is 17.4 Å². The van der Waals surface area contributed by atoms with Gasteiger partial charge in [-0.15, -0.1) is 11.6 Å². The molecule has 4 rings (SSSR count). The molecule has 22 heavy (non-hydrogen) atoms. The molecule has 1 N–H and O–H groups in total. The van der Waals surface area contributed by atoms with Crippen LogP contribution in [-0.2, 0) is 4.79 Å². The molecule has 4 aliphatic carbocycles. The second kappa shape index (κ2) is 4.83. The fourth-order valence-electron chi connectivity index (χ4n) is 6.43. The Balaban J connectivity index is 1.72. The number of allylic oxidation sites excluding steroid dienone is 1. The molecule has 0 amide bonds. The Morgan fingerprint density at radius 1 is 1.27 bits per heavy atom. The summed E-state index contributed by atoms with van der Waals surface area (Å²) < 4.78 is 0. The van der Waals surface area contributed by atoms with Crippen molar-refractivity contribution < 1.29 is 9.90 Å². The van der Waals surface area contributed by atoms with Crippen LogP contribution in [0.4, 0.5) is 0 Å². The Hall–Kier alpha value is -0.340. The van der Waals surface area contributed by atoms with Crippen molar-refractivity contribution in [2.45, 2.75) is 70.3 Å². The number of fused-ring (bicyclic) bond motifs is 5. The molecule has 0 saturated heterocycles. The van der Waals surface area contributed by atoms with Gasteiger partial charge in [-0.25, -0.2) is 0 Å².